The summed E-state index contributed by atoms with van der Waals surface area (Å²) >= 11 is 1.47. The van der Waals surface area contributed by atoms with E-state index in [0.717, 1.165) is 12.0 Å². The van der Waals surface area contributed by atoms with Crippen molar-refractivity contribution < 1.29 is 17.9 Å². The Morgan fingerprint density at radius 2 is 2.00 bits per heavy atom. The van der Waals surface area contributed by atoms with Crippen LogP contribution in [0, 0.1) is 6.92 Å². The quantitative estimate of drug-likeness (QED) is 0.846. The fraction of sp³-hybridized carbons (Fsp3) is 0.389. The molecule has 1 aliphatic rings. The van der Waals surface area contributed by atoms with Crippen molar-refractivity contribution in [2.24, 2.45) is 0 Å². The molecule has 140 valence electrons. The zero-order valence-electron chi connectivity index (χ0n) is 14.8. The molecule has 1 saturated heterocycles. The van der Waals surface area contributed by atoms with Gasteiger partial charge in [-0.25, -0.2) is 8.42 Å². The highest BCUT2D eigenvalue weighted by atomic mass is 32.2. The van der Waals surface area contributed by atoms with E-state index in [1.165, 1.54) is 26.6 Å². The Hall–Kier alpha value is -1.74. The molecule has 26 heavy (non-hydrogen) atoms. The summed E-state index contributed by atoms with van der Waals surface area (Å²) in [6, 6.07) is 8.25. The number of carbonyl (C=O) groups excluding carboxylic acids is 1. The zero-order valence-corrected chi connectivity index (χ0v) is 16.5. The fourth-order valence-electron chi connectivity index (χ4n) is 2.85. The van der Waals surface area contributed by atoms with Crippen LogP contribution in [0.4, 0.5) is 5.69 Å². The van der Waals surface area contributed by atoms with E-state index in [1.807, 2.05) is 13.0 Å². The second kappa shape index (κ2) is 7.87. The number of nitrogens with one attached hydrogen (secondary N) is 1. The molecule has 2 heterocycles. The summed E-state index contributed by atoms with van der Waals surface area (Å²) in [5, 5.41) is 2.80. The van der Waals surface area contributed by atoms with Gasteiger partial charge in [-0.1, -0.05) is 13.0 Å². The predicted octanol–water partition coefficient (Wildman–Crippen LogP) is 2.89. The van der Waals surface area contributed by atoms with Gasteiger partial charge >= 0.3 is 0 Å². The lowest BCUT2D eigenvalue weighted by atomic mass is 10.2. The second-order valence-corrected chi connectivity index (χ2v) is 9.14. The lowest BCUT2D eigenvalue weighted by molar-refractivity contribution is 0.0730. The number of sulfonamides is 1. The molecule has 0 saturated carbocycles. The van der Waals surface area contributed by atoms with Crippen molar-refractivity contribution in [2.45, 2.75) is 25.2 Å². The van der Waals surface area contributed by atoms with Crippen LogP contribution >= 0.6 is 11.3 Å². The number of carbonyl (C=O) groups is 1. The van der Waals surface area contributed by atoms with Crippen molar-refractivity contribution in [1.82, 2.24) is 4.31 Å². The Balaban J connectivity index is 1.79. The first-order valence-electron chi connectivity index (χ1n) is 8.50. The lowest BCUT2D eigenvalue weighted by Crippen LogP contribution is -2.40. The van der Waals surface area contributed by atoms with Crippen LogP contribution in [0.1, 0.15) is 27.0 Å². The van der Waals surface area contributed by atoms with Gasteiger partial charge in [-0.3, -0.25) is 4.79 Å². The van der Waals surface area contributed by atoms with E-state index in [0.29, 0.717) is 36.9 Å². The van der Waals surface area contributed by atoms with Crippen LogP contribution in [0.25, 0.3) is 0 Å². The number of morpholine rings is 1. The zero-order chi connectivity index (χ0) is 18.7. The Labute approximate surface area is 157 Å². The number of ether oxygens (including phenoxy) is 1. The fourth-order valence-corrected chi connectivity index (χ4v) is 5.31. The normalized spacial score (nSPS) is 15.8. The van der Waals surface area contributed by atoms with Crippen molar-refractivity contribution in [3.63, 3.8) is 0 Å². The highest BCUT2D eigenvalue weighted by Crippen LogP contribution is 2.25. The minimum Gasteiger partial charge on any atom is -0.379 e. The number of anilines is 1. The van der Waals surface area contributed by atoms with Crippen LogP contribution in [-0.2, 0) is 21.2 Å². The minimum absolute atomic E-state index is 0.175. The average Bonchev–Trinajstić information content (AvgIpc) is 3.03. The molecular weight excluding hydrogens is 372 g/mol. The number of nitrogens with zero attached hydrogens (tertiary/aromatic N) is 1. The number of thiophene rings is 1. The van der Waals surface area contributed by atoms with Gasteiger partial charge in [-0.15, -0.1) is 11.3 Å². The van der Waals surface area contributed by atoms with Gasteiger partial charge in [0.1, 0.15) is 0 Å². The molecule has 0 bridgehead atoms. The number of rotatable bonds is 5. The topological polar surface area (TPSA) is 75.7 Å². The van der Waals surface area contributed by atoms with Crippen LogP contribution in [0.2, 0.25) is 0 Å². The molecule has 0 unspecified atom stereocenters. The number of benzene rings is 1. The van der Waals surface area contributed by atoms with E-state index in [1.54, 1.807) is 18.2 Å². The van der Waals surface area contributed by atoms with E-state index < -0.39 is 10.0 Å². The molecular formula is C18H22N2O4S2. The molecule has 2 aromatic rings. The molecule has 6 nitrogen and oxygen atoms in total. The van der Waals surface area contributed by atoms with Gasteiger partial charge in [-0.05, 0) is 43.2 Å². The van der Waals surface area contributed by atoms with Crippen molar-refractivity contribution >= 4 is 33.0 Å². The van der Waals surface area contributed by atoms with E-state index in [4.69, 9.17) is 4.74 Å². The van der Waals surface area contributed by atoms with Crippen LogP contribution < -0.4 is 5.32 Å². The third kappa shape index (κ3) is 3.98. The van der Waals surface area contributed by atoms with E-state index in [-0.39, 0.29) is 10.8 Å². The van der Waals surface area contributed by atoms with Gasteiger partial charge in [-0.2, -0.15) is 4.31 Å². The summed E-state index contributed by atoms with van der Waals surface area (Å²) in [5.74, 6) is -0.223. The summed E-state index contributed by atoms with van der Waals surface area (Å²) in [4.78, 5) is 14.5. The largest absolute Gasteiger partial charge is 0.379 e. The molecule has 0 atom stereocenters. The minimum atomic E-state index is -3.59. The summed E-state index contributed by atoms with van der Waals surface area (Å²) in [5.41, 5.74) is 1.57. The van der Waals surface area contributed by atoms with Gasteiger partial charge in [0.25, 0.3) is 5.91 Å². The molecule has 1 amide bonds. The van der Waals surface area contributed by atoms with Gasteiger partial charge in [0.05, 0.1) is 23.0 Å². The van der Waals surface area contributed by atoms with E-state index in [9.17, 15) is 13.2 Å². The van der Waals surface area contributed by atoms with Crippen LogP contribution in [0.15, 0.2) is 35.2 Å². The van der Waals surface area contributed by atoms with Crippen molar-refractivity contribution in [3.05, 3.63) is 45.6 Å². The summed E-state index contributed by atoms with van der Waals surface area (Å²) in [6.45, 7) is 5.52. The number of hydrogen-bond acceptors (Lipinski definition) is 5. The predicted molar refractivity (Wildman–Crippen MR) is 102 cm³/mol. The molecule has 0 radical (unpaired) electrons. The van der Waals surface area contributed by atoms with Gasteiger partial charge in [0, 0.05) is 23.7 Å². The van der Waals surface area contributed by atoms with Gasteiger partial charge in [0.15, 0.2) is 0 Å². The molecule has 1 aliphatic heterocycles. The lowest BCUT2D eigenvalue weighted by Gasteiger charge is -2.26. The Morgan fingerprint density at radius 3 is 2.65 bits per heavy atom. The number of aryl methyl sites for hydroxylation is 2. The first-order chi connectivity index (χ1) is 12.4. The molecule has 0 aliphatic carbocycles. The number of hydrogen-bond donors (Lipinski definition) is 1. The van der Waals surface area contributed by atoms with Crippen LogP contribution in [-0.4, -0.2) is 44.9 Å². The standard InChI is InChI=1S/C18H22N2O4S2/c1-3-16-13(2)11-17(25-16)18(21)19-14-5-4-6-15(12-14)26(22,23)20-7-9-24-10-8-20/h4-6,11-12H,3,7-10H2,1-2H3,(H,19,21). The third-order valence-electron chi connectivity index (χ3n) is 4.27. The first-order valence-corrected chi connectivity index (χ1v) is 10.8. The maximum atomic E-state index is 12.7. The SMILES string of the molecule is CCc1sc(C(=O)Nc2cccc(S(=O)(=O)N3CCOCC3)c2)cc1C. The Bertz CT molecular complexity index is 900. The van der Waals surface area contributed by atoms with Crippen LogP contribution in [0.5, 0.6) is 0 Å². The highest BCUT2D eigenvalue weighted by molar-refractivity contribution is 7.89. The average molecular weight is 395 g/mol. The van der Waals surface area contributed by atoms with Gasteiger partial charge < -0.3 is 10.1 Å². The smallest absolute Gasteiger partial charge is 0.265 e. The van der Waals surface area contributed by atoms with E-state index in [2.05, 4.69) is 12.2 Å². The van der Waals surface area contributed by atoms with Crippen LogP contribution in [0.3, 0.4) is 0 Å². The van der Waals surface area contributed by atoms with Gasteiger partial charge in [0.2, 0.25) is 10.0 Å². The Kier molecular flexibility index (Phi) is 5.76. The maximum absolute atomic E-state index is 12.7. The molecule has 0 spiro atoms. The highest BCUT2D eigenvalue weighted by Gasteiger charge is 2.26. The van der Waals surface area contributed by atoms with Crippen molar-refractivity contribution in [1.29, 1.82) is 0 Å². The second-order valence-electron chi connectivity index (χ2n) is 6.07. The summed E-state index contributed by atoms with van der Waals surface area (Å²) < 4.78 is 32.1. The Morgan fingerprint density at radius 1 is 1.27 bits per heavy atom. The molecule has 1 aromatic heterocycles. The van der Waals surface area contributed by atoms with E-state index >= 15 is 0 Å². The molecule has 3 rings (SSSR count). The molecule has 1 fully saturated rings. The summed E-state index contributed by atoms with van der Waals surface area (Å²) in [6.07, 6.45) is 0.886. The third-order valence-corrected chi connectivity index (χ3v) is 7.54. The maximum Gasteiger partial charge on any atom is 0.265 e. The molecule has 1 N–H and O–H groups in total. The monoisotopic (exact) mass is 394 g/mol. The molecule has 1 aromatic carbocycles. The summed E-state index contributed by atoms with van der Waals surface area (Å²) in [7, 11) is -3.59. The van der Waals surface area contributed by atoms with Crippen molar-refractivity contribution in [3.8, 4) is 0 Å². The van der Waals surface area contributed by atoms with Crippen molar-refractivity contribution in [2.75, 3.05) is 31.6 Å². The number of amides is 1. The first kappa shape index (κ1) is 19.0. The molecule has 8 heteroatoms.